The molecule has 0 aromatic carbocycles. The molecule has 0 spiro atoms. The fourth-order valence-corrected chi connectivity index (χ4v) is 3.48. The molecule has 148 valence electrons. The minimum atomic E-state index is -0.712. The smallest absolute Gasteiger partial charge is 0.303 e. The monoisotopic (exact) mass is 356 g/mol. The molecule has 1 fully saturated rings. The van der Waals surface area contributed by atoms with Gasteiger partial charge in [-0.1, -0.05) is 64.7 Å². The number of unbranched alkanes of at least 4 members (excludes halogenated alkanes) is 8. The number of hydrogen-bond acceptors (Lipinski definition) is 3. The third kappa shape index (κ3) is 13.3. The van der Waals surface area contributed by atoms with Crippen LogP contribution in [-0.2, 0) is 14.3 Å². The number of aliphatic carboxylic acids is 1. The van der Waals surface area contributed by atoms with E-state index in [0.29, 0.717) is 6.42 Å². The second-order valence-corrected chi connectivity index (χ2v) is 7.46. The molecule has 1 saturated heterocycles. The van der Waals surface area contributed by atoms with Gasteiger partial charge in [-0.3, -0.25) is 4.79 Å². The summed E-state index contributed by atoms with van der Waals surface area (Å²) in [5.74, 6) is -0.712. The second kappa shape index (κ2) is 15.6. The van der Waals surface area contributed by atoms with Crippen molar-refractivity contribution in [3.63, 3.8) is 0 Å². The van der Waals surface area contributed by atoms with Gasteiger partial charge in [0.2, 0.25) is 0 Å². The zero-order valence-electron chi connectivity index (χ0n) is 16.3. The maximum Gasteiger partial charge on any atom is 0.303 e. The molecule has 0 amide bonds. The van der Waals surface area contributed by atoms with Crippen LogP contribution in [0.15, 0.2) is 0 Å². The van der Waals surface area contributed by atoms with E-state index in [4.69, 9.17) is 14.6 Å². The van der Waals surface area contributed by atoms with Crippen LogP contribution in [0, 0.1) is 0 Å². The summed E-state index contributed by atoms with van der Waals surface area (Å²) in [7, 11) is 0. The SMILES string of the molecule is CCCCCCCCCCCC(CCCC(=O)O)OC1CCCCO1. The highest BCUT2D eigenvalue weighted by atomic mass is 16.7. The van der Waals surface area contributed by atoms with Gasteiger partial charge in [-0.2, -0.15) is 0 Å². The summed E-state index contributed by atoms with van der Waals surface area (Å²) in [5, 5.41) is 8.83. The maximum absolute atomic E-state index is 10.7. The van der Waals surface area contributed by atoms with E-state index in [0.717, 1.165) is 32.3 Å². The Morgan fingerprint density at radius 2 is 1.64 bits per heavy atom. The quantitative estimate of drug-likeness (QED) is 0.341. The molecule has 0 aromatic heterocycles. The van der Waals surface area contributed by atoms with E-state index in [1.54, 1.807) is 0 Å². The van der Waals surface area contributed by atoms with Gasteiger partial charge in [-0.05, 0) is 38.5 Å². The van der Waals surface area contributed by atoms with Crippen LogP contribution in [0.3, 0.4) is 0 Å². The zero-order valence-corrected chi connectivity index (χ0v) is 16.3. The lowest BCUT2D eigenvalue weighted by Gasteiger charge is -2.28. The number of carboxylic acids is 1. The first kappa shape index (κ1) is 22.4. The number of carboxylic acid groups (broad SMARTS) is 1. The van der Waals surface area contributed by atoms with Crippen molar-refractivity contribution in [1.82, 2.24) is 0 Å². The first-order valence-electron chi connectivity index (χ1n) is 10.7. The number of hydrogen-bond donors (Lipinski definition) is 1. The number of carbonyl (C=O) groups is 1. The summed E-state index contributed by atoms with van der Waals surface area (Å²) in [5.41, 5.74) is 0. The van der Waals surface area contributed by atoms with Gasteiger partial charge in [0, 0.05) is 13.0 Å². The van der Waals surface area contributed by atoms with Crippen molar-refractivity contribution in [3.8, 4) is 0 Å². The molecule has 4 nitrogen and oxygen atoms in total. The summed E-state index contributed by atoms with van der Waals surface area (Å²) < 4.78 is 11.8. The highest BCUT2D eigenvalue weighted by Crippen LogP contribution is 2.21. The largest absolute Gasteiger partial charge is 0.481 e. The fraction of sp³-hybridized carbons (Fsp3) is 0.952. The topological polar surface area (TPSA) is 55.8 Å². The van der Waals surface area contributed by atoms with E-state index >= 15 is 0 Å². The van der Waals surface area contributed by atoms with Gasteiger partial charge >= 0.3 is 5.97 Å². The van der Waals surface area contributed by atoms with Crippen LogP contribution in [0.5, 0.6) is 0 Å². The van der Waals surface area contributed by atoms with E-state index in [2.05, 4.69) is 6.92 Å². The minimum absolute atomic E-state index is 0.0675. The molecular weight excluding hydrogens is 316 g/mol. The van der Waals surface area contributed by atoms with Crippen LogP contribution in [0.2, 0.25) is 0 Å². The van der Waals surface area contributed by atoms with Crippen molar-refractivity contribution in [2.75, 3.05) is 6.61 Å². The molecule has 1 aliphatic heterocycles. The molecule has 1 rings (SSSR count). The minimum Gasteiger partial charge on any atom is -0.481 e. The van der Waals surface area contributed by atoms with Crippen LogP contribution in [-0.4, -0.2) is 30.1 Å². The van der Waals surface area contributed by atoms with Gasteiger partial charge in [0.05, 0.1) is 6.10 Å². The third-order valence-electron chi connectivity index (χ3n) is 5.03. The van der Waals surface area contributed by atoms with Gasteiger partial charge in [0.15, 0.2) is 6.29 Å². The Balaban J connectivity index is 2.12. The first-order chi connectivity index (χ1) is 12.2. The average molecular weight is 357 g/mol. The molecule has 0 radical (unpaired) electrons. The van der Waals surface area contributed by atoms with E-state index in [9.17, 15) is 4.79 Å². The molecule has 0 aliphatic carbocycles. The van der Waals surface area contributed by atoms with Gasteiger partial charge in [0.1, 0.15) is 0 Å². The highest BCUT2D eigenvalue weighted by Gasteiger charge is 2.19. The van der Waals surface area contributed by atoms with Gasteiger partial charge < -0.3 is 14.6 Å². The molecular formula is C21H40O4. The molecule has 1 aliphatic rings. The molecule has 1 heterocycles. The lowest BCUT2D eigenvalue weighted by molar-refractivity contribution is -0.191. The standard InChI is InChI=1S/C21H40O4/c1-2-3-4-5-6-7-8-9-10-14-19(15-13-16-20(22)23)25-21-17-11-12-18-24-21/h19,21H,2-18H2,1H3,(H,22,23). The van der Waals surface area contributed by atoms with Crippen LogP contribution in [0.1, 0.15) is 110 Å². The van der Waals surface area contributed by atoms with Crippen molar-refractivity contribution >= 4 is 5.97 Å². The van der Waals surface area contributed by atoms with Crippen LogP contribution in [0.25, 0.3) is 0 Å². The Morgan fingerprint density at radius 3 is 2.24 bits per heavy atom. The van der Waals surface area contributed by atoms with Crippen molar-refractivity contribution in [1.29, 1.82) is 0 Å². The zero-order chi connectivity index (χ0) is 18.2. The Labute approximate surface area is 154 Å². The Bertz CT molecular complexity index is 313. The molecule has 2 atom stereocenters. The molecule has 0 saturated carbocycles. The van der Waals surface area contributed by atoms with Gasteiger partial charge in [-0.25, -0.2) is 0 Å². The summed E-state index contributed by atoms with van der Waals surface area (Å²) in [4.78, 5) is 10.7. The van der Waals surface area contributed by atoms with Crippen LogP contribution in [0.4, 0.5) is 0 Å². The molecule has 25 heavy (non-hydrogen) atoms. The molecule has 1 N–H and O–H groups in total. The van der Waals surface area contributed by atoms with E-state index in [1.807, 2.05) is 0 Å². The molecule has 2 unspecified atom stereocenters. The molecule has 0 bridgehead atoms. The number of ether oxygens (including phenoxy) is 2. The lowest BCUT2D eigenvalue weighted by Crippen LogP contribution is -2.28. The van der Waals surface area contributed by atoms with Crippen molar-refractivity contribution in [2.24, 2.45) is 0 Å². The second-order valence-electron chi connectivity index (χ2n) is 7.46. The molecule has 4 heteroatoms. The van der Waals surface area contributed by atoms with Gasteiger partial charge in [-0.15, -0.1) is 0 Å². The van der Waals surface area contributed by atoms with Crippen LogP contribution >= 0.6 is 0 Å². The fourth-order valence-electron chi connectivity index (χ4n) is 3.48. The Kier molecular flexibility index (Phi) is 14.0. The first-order valence-corrected chi connectivity index (χ1v) is 10.7. The maximum atomic E-state index is 10.7. The third-order valence-corrected chi connectivity index (χ3v) is 5.03. The van der Waals surface area contributed by atoms with Crippen molar-refractivity contribution in [2.45, 2.75) is 122 Å². The average Bonchev–Trinajstić information content (AvgIpc) is 2.60. The van der Waals surface area contributed by atoms with E-state index in [-0.39, 0.29) is 18.8 Å². The predicted molar refractivity (Wildman–Crippen MR) is 102 cm³/mol. The van der Waals surface area contributed by atoms with E-state index < -0.39 is 5.97 Å². The lowest BCUT2D eigenvalue weighted by atomic mass is 10.0. The number of rotatable bonds is 16. The Morgan fingerprint density at radius 1 is 1.00 bits per heavy atom. The summed E-state index contributed by atoms with van der Waals surface area (Å²) in [6.07, 6.45) is 18.1. The predicted octanol–water partition coefficient (Wildman–Crippen LogP) is 6.07. The Hall–Kier alpha value is -0.610. The summed E-state index contributed by atoms with van der Waals surface area (Å²) in [6.45, 7) is 3.05. The molecule has 0 aromatic rings. The van der Waals surface area contributed by atoms with E-state index in [1.165, 1.54) is 64.2 Å². The highest BCUT2D eigenvalue weighted by molar-refractivity contribution is 5.66. The van der Waals surface area contributed by atoms with Crippen LogP contribution < -0.4 is 0 Å². The summed E-state index contributed by atoms with van der Waals surface area (Å²) >= 11 is 0. The normalized spacial score (nSPS) is 19.0. The van der Waals surface area contributed by atoms with Crippen molar-refractivity contribution < 1.29 is 19.4 Å². The van der Waals surface area contributed by atoms with Gasteiger partial charge in [0.25, 0.3) is 0 Å². The van der Waals surface area contributed by atoms with Crippen molar-refractivity contribution in [3.05, 3.63) is 0 Å². The summed E-state index contributed by atoms with van der Waals surface area (Å²) in [6, 6.07) is 0.